The molecule has 138 valence electrons. The van der Waals surface area contributed by atoms with Crippen molar-refractivity contribution in [3.63, 3.8) is 0 Å². The second-order valence-electron chi connectivity index (χ2n) is 6.06. The van der Waals surface area contributed by atoms with Crippen molar-refractivity contribution in [2.75, 3.05) is 40.5 Å². The van der Waals surface area contributed by atoms with E-state index in [1.807, 2.05) is 29.0 Å². The van der Waals surface area contributed by atoms with Crippen molar-refractivity contribution >= 4 is 0 Å². The number of aliphatic hydroxyl groups excluding tert-OH is 1. The lowest BCUT2D eigenvalue weighted by atomic mass is 10.2. The van der Waals surface area contributed by atoms with Crippen LogP contribution < -0.4 is 0 Å². The van der Waals surface area contributed by atoms with E-state index < -0.39 is 6.10 Å². The summed E-state index contributed by atoms with van der Waals surface area (Å²) in [6.07, 6.45) is 1.39. The van der Waals surface area contributed by atoms with Crippen LogP contribution in [0, 0.1) is 5.82 Å². The Bertz CT molecular complexity index is 633. The summed E-state index contributed by atoms with van der Waals surface area (Å²) in [7, 11) is 3.23. The molecule has 1 atom stereocenters. The summed E-state index contributed by atoms with van der Waals surface area (Å²) in [5.74, 6) is -0.200. The molecule has 0 spiro atoms. The second kappa shape index (κ2) is 10.3. The summed E-state index contributed by atoms with van der Waals surface area (Å²) >= 11 is 0. The van der Waals surface area contributed by atoms with E-state index in [-0.39, 0.29) is 5.82 Å². The quantitative estimate of drug-likeness (QED) is 0.674. The van der Waals surface area contributed by atoms with Gasteiger partial charge < -0.3 is 19.1 Å². The van der Waals surface area contributed by atoms with Gasteiger partial charge in [0.2, 0.25) is 0 Å². The van der Waals surface area contributed by atoms with E-state index in [1.54, 1.807) is 26.4 Å². The largest absolute Gasteiger partial charge is 0.389 e. The fraction of sp³-hybridized carbons (Fsp3) is 0.474. The van der Waals surface area contributed by atoms with Gasteiger partial charge in [-0.2, -0.15) is 0 Å². The lowest BCUT2D eigenvalue weighted by Gasteiger charge is -2.25. The molecule has 0 fully saturated rings. The molecule has 0 aliphatic rings. The summed E-state index contributed by atoms with van der Waals surface area (Å²) in [6.45, 7) is 3.18. The van der Waals surface area contributed by atoms with Gasteiger partial charge >= 0.3 is 0 Å². The van der Waals surface area contributed by atoms with Crippen LogP contribution in [0.2, 0.25) is 0 Å². The van der Waals surface area contributed by atoms with Crippen LogP contribution in [0.3, 0.4) is 0 Å². The predicted octanol–water partition coefficient (Wildman–Crippen LogP) is 2.13. The molecule has 1 unspecified atom stereocenters. The van der Waals surface area contributed by atoms with Crippen molar-refractivity contribution < 1.29 is 19.0 Å². The first kappa shape index (κ1) is 19.6. The highest BCUT2D eigenvalue weighted by Crippen LogP contribution is 2.13. The molecule has 5 nitrogen and oxygen atoms in total. The third kappa shape index (κ3) is 6.25. The first-order chi connectivity index (χ1) is 12.1. The van der Waals surface area contributed by atoms with Crippen LogP contribution in [0.25, 0.3) is 0 Å². The Labute approximate surface area is 148 Å². The molecule has 0 saturated heterocycles. The average Bonchev–Trinajstić information content (AvgIpc) is 3.02. The molecule has 6 heteroatoms. The van der Waals surface area contributed by atoms with Gasteiger partial charge in [0.25, 0.3) is 0 Å². The molecule has 1 N–H and O–H groups in total. The minimum atomic E-state index is -0.558. The molecule has 0 saturated carbocycles. The van der Waals surface area contributed by atoms with E-state index >= 15 is 0 Å². The van der Waals surface area contributed by atoms with Crippen LogP contribution in [-0.4, -0.2) is 61.2 Å². The van der Waals surface area contributed by atoms with Gasteiger partial charge in [0.05, 0.1) is 25.9 Å². The first-order valence-corrected chi connectivity index (χ1v) is 8.39. The number of ether oxygens (including phenoxy) is 2. The number of nitrogens with zero attached hydrogens (tertiary/aromatic N) is 2. The van der Waals surface area contributed by atoms with Crippen LogP contribution in [0.5, 0.6) is 0 Å². The maximum atomic E-state index is 13.9. The number of aromatic nitrogens is 1. The summed E-state index contributed by atoms with van der Waals surface area (Å²) < 4.78 is 26.1. The van der Waals surface area contributed by atoms with E-state index in [2.05, 4.69) is 4.90 Å². The Hall–Kier alpha value is -1.73. The van der Waals surface area contributed by atoms with E-state index in [4.69, 9.17) is 9.47 Å². The van der Waals surface area contributed by atoms with Crippen LogP contribution in [0.4, 0.5) is 4.39 Å². The predicted molar refractivity (Wildman–Crippen MR) is 95.0 cm³/mol. The monoisotopic (exact) mass is 350 g/mol. The van der Waals surface area contributed by atoms with Crippen molar-refractivity contribution in [1.29, 1.82) is 0 Å². The summed E-state index contributed by atoms with van der Waals surface area (Å²) in [6, 6.07) is 10.8. The third-order valence-electron chi connectivity index (χ3n) is 4.05. The van der Waals surface area contributed by atoms with E-state index in [0.29, 0.717) is 45.0 Å². The van der Waals surface area contributed by atoms with Crippen molar-refractivity contribution in [3.05, 3.63) is 59.7 Å². The van der Waals surface area contributed by atoms with Gasteiger partial charge in [0, 0.05) is 51.3 Å². The average molecular weight is 350 g/mol. The zero-order valence-electron chi connectivity index (χ0n) is 14.9. The molecule has 2 aromatic rings. The lowest BCUT2D eigenvalue weighted by molar-refractivity contribution is 0.0287. The van der Waals surface area contributed by atoms with Crippen molar-refractivity contribution in [3.8, 4) is 0 Å². The van der Waals surface area contributed by atoms with Gasteiger partial charge in [-0.3, -0.25) is 4.90 Å². The number of benzene rings is 1. The normalized spacial score (nSPS) is 12.7. The molecule has 2 rings (SSSR count). The third-order valence-corrected chi connectivity index (χ3v) is 4.05. The Balaban J connectivity index is 2.06. The Morgan fingerprint density at radius 1 is 1.16 bits per heavy atom. The molecule has 0 bridgehead atoms. The SMILES string of the molecule is COCCN(Cc1cccn1Cc1ccccc1F)CC(O)COC. The van der Waals surface area contributed by atoms with Gasteiger partial charge in [-0.25, -0.2) is 4.39 Å². The minimum absolute atomic E-state index is 0.200. The lowest BCUT2D eigenvalue weighted by Crippen LogP contribution is -2.37. The van der Waals surface area contributed by atoms with Gasteiger partial charge in [-0.15, -0.1) is 0 Å². The molecule has 1 heterocycles. The number of rotatable bonds is 11. The topological polar surface area (TPSA) is 46.9 Å². The van der Waals surface area contributed by atoms with Crippen LogP contribution in [0.15, 0.2) is 42.6 Å². The molecule has 1 aromatic carbocycles. The van der Waals surface area contributed by atoms with E-state index in [9.17, 15) is 9.50 Å². The standard InChI is InChI=1S/C19H27FN2O3/c1-24-11-10-21(14-18(23)15-25-2)13-17-7-5-9-22(17)12-16-6-3-4-8-19(16)20/h3-9,18,23H,10-15H2,1-2H3. The number of hydrogen-bond acceptors (Lipinski definition) is 4. The van der Waals surface area contributed by atoms with E-state index in [1.165, 1.54) is 6.07 Å². The van der Waals surface area contributed by atoms with Crippen molar-refractivity contribution in [2.24, 2.45) is 0 Å². The Morgan fingerprint density at radius 3 is 2.68 bits per heavy atom. The molecule has 0 aliphatic heterocycles. The van der Waals surface area contributed by atoms with Crippen molar-refractivity contribution in [2.45, 2.75) is 19.2 Å². The van der Waals surface area contributed by atoms with Gasteiger partial charge in [-0.1, -0.05) is 18.2 Å². The summed E-state index contributed by atoms with van der Waals surface area (Å²) in [4.78, 5) is 2.11. The van der Waals surface area contributed by atoms with Crippen LogP contribution in [0.1, 0.15) is 11.3 Å². The van der Waals surface area contributed by atoms with E-state index in [0.717, 1.165) is 5.69 Å². The molecular weight excluding hydrogens is 323 g/mol. The van der Waals surface area contributed by atoms with Crippen LogP contribution in [-0.2, 0) is 22.6 Å². The number of aliphatic hydroxyl groups is 1. The molecular formula is C19H27FN2O3. The smallest absolute Gasteiger partial charge is 0.128 e. The fourth-order valence-electron chi connectivity index (χ4n) is 2.78. The molecule has 1 aromatic heterocycles. The zero-order valence-corrected chi connectivity index (χ0v) is 14.9. The fourth-order valence-corrected chi connectivity index (χ4v) is 2.78. The zero-order chi connectivity index (χ0) is 18.1. The maximum absolute atomic E-state index is 13.9. The van der Waals surface area contributed by atoms with Crippen LogP contribution >= 0.6 is 0 Å². The highest BCUT2D eigenvalue weighted by atomic mass is 19.1. The Morgan fingerprint density at radius 2 is 1.96 bits per heavy atom. The van der Waals surface area contributed by atoms with Gasteiger partial charge in [0.15, 0.2) is 0 Å². The van der Waals surface area contributed by atoms with Gasteiger partial charge in [0.1, 0.15) is 5.82 Å². The summed E-state index contributed by atoms with van der Waals surface area (Å²) in [5, 5.41) is 10.0. The number of methoxy groups -OCH3 is 2. The van der Waals surface area contributed by atoms with Crippen molar-refractivity contribution in [1.82, 2.24) is 9.47 Å². The number of halogens is 1. The van der Waals surface area contributed by atoms with Gasteiger partial charge in [-0.05, 0) is 18.2 Å². The molecule has 0 amide bonds. The second-order valence-corrected chi connectivity index (χ2v) is 6.06. The minimum Gasteiger partial charge on any atom is -0.389 e. The first-order valence-electron chi connectivity index (χ1n) is 8.39. The highest BCUT2D eigenvalue weighted by Gasteiger charge is 2.14. The molecule has 0 radical (unpaired) electrons. The molecule has 25 heavy (non-hydrogen) atoms. The Kier molecular flexibility index (Phi) is 8.08. The summed E-state index contributed by atoms with van der Waals surface area (Å²) in [5.41, 5.74) is 1.71. The number of hydrogen-bond donors (Lipinski definition) is 1. The highest BCUT2D eigenvalue weighted by molar-refractivity contribution is 5.19. The maximum Gasteiger partial charge on any atom is 0.128 e. The molecule has 0 aliphatic carbocycles.